The molecule has 0 saturated carbocycles. The molecular weight excluding hydrogens is 598 g/mol. The van der Waals surface area contributed by atoms with Crippen molar-refractivity contribution in [3.05, 3.63) is 83.9 Å². The van der Waals surface area contributed by atoms with Crippen molar-refractivity contribution in [1.29, 1.82) is 0 Å². The van der Waals surface area contributed by atoms with Crippen molar-refractivity contribution in [2.45, 2.75) is 19.6 Å². The van der Waals surface area contributed by atoms with Gasteiger partial charge in [0.2, 0.25) is 0 Å². The predicted octanol–water partition coefficient (Wildman–Crippen LogP) is 7.13. The lowest BCUT2D eigenvalue weighted by molar-refractivity contribution is -0.275. The Morgan fingerprint density at radius 3 is 2.28 bits per heavy atom. The summed E-state index contributed by atoms with van der Waals surface area (Å²) >= 11 is 1.38. The first-order valence-corrected chi connectivity index (χ1v) is 13.5. The SMILES string of the molecule is CC1CS/C(=N\N=C\c2ccc(C(N)=NC=Nc3ccc(OC(F)(F)F)cc3)cc2)N(c2ccccc2OC(F)(F)F)C1. The highest BCUT2D eigenvalue weighted by Crippen LogP contribution is 2.37. The van der Waals surface area contributed by atoms with Crippen LogP contribution in [-0.2, 0) is 0 Å². The van der Waals surface area contributed by atoms with Crippen LogP contribution in [0.4, 0.5) is 37.7 Å². The third-order valence-electron chi connectivity index (χ3n) is 5.63. The number of amidine groups is 2. The minimum atomic E-state index is -4.84. The lowest BCUT2D eigenvalue weighted by Crippen LogP contribution is -2.39. The summed E-state index contributed by atoms with van der Waals surface area (Å²) < 4.78 is 83.7. The molecule has 226 valence electrons. The van der Waals surface area contributed by atoms with Gasteiger partial charge in [-0.1, -0.05) is 55.1 Å². The number of aliphatic imine (C=N–C) groups is 2. The van der Waals surface area contributed by atoms with Crippen LogP contribution in [0, 0.1) is 5.92 Å². The molecule has 1 heterocycles. The average Bonchev–Trinajstić information content (AvgIpc) is 2.94. The molecular formula is C28H24F6N6O2S. The maximum absolute atomic E-state index is 13.0. The van der Waals surface area contributed by atoms with Gasteiger partial charge in [-0.3, -0.25) is 0 Å². The summed E-state index contributed by atoms with van der Waals surface area (Å²) in [4.78, 5) is 9.73. The number of halogens is 6. The molecule has 0 aromatic heterocycles. The molecule has 0 spiro atoms. The van der Waals surface area contributed by atoms with E-state index in [4.69, 9.17) is 5.73 Å². The van der Waals surface area contributed by atoms with E-state index in [9.17, 15) is 26.3 Å². The maximum atomic E-state index is 13.0. The first kappa shape index (κ1) is 31.4. The molecule has 2 N–H and O–H groups in total. The van der Waals surface area contributed by atoms with Crippen LogP contribution >= 0.6 is 11.8 Å². The van der Waals surface area contributed by atoms with Crippen LogP contribution in [0.5, 0.6) is 11.5 Å². The first-order chi connectivity index (χ1) is 20.4. The van der Waals surface area contributed by atoms with Gasteiger partial charge in [-0.2, -0.15) is 5.10 Å². The Labute approximate surface area is 246 Å². The number of hydrogen-bond acceptors (Lipinski definition) is 6. The molecule has 0 radical (unpaired) electrons. The maximum Gasteiger partial charge on any atom is 0.573 e. The summed E-state index contributed by atoms with van der Waals surface area (Å²) in [5, 5.41) is 8.84. The number of alkyl halides is 6. The lowest BCUT2D eigenvalue weighted by atomic mass is 10.1. The van der Waals surface area contributed by atoms with E-state index in [1.165, 1.54) is 54.6 Å². The molecule has 3 aromatic carbocycles. The fourth-order valence-electron chi connectivity index (χ4n) is 3.76. The van der Waals surface area contributed by atoms with Crippen molar-refractivity contribution < 1.29 is 35.8 Å². The van der Waals surface area contributed by atoms with E-state index in [2.05, 4.69) is 29.7 Å². The lowest BCUT2D eigenvalue weighted by Gasteiger charge is -2.33. The van der Waals surface area contributed by atoms with Crippen molar-refractivity contribution in [2.75, 3.05) is 17.2 Å². The zero-order chi connectivity index (χ0) is 31.0. The Hall–Kier alpha value is -4.53. The summed E-state index contributed by atoms with van der Waals surface area (Å²) in [6, 6.07) is 17.6. The number of rotatable bonds is 8. The van der Waals surface area contributed by atoms with Gasteiger partial charge in [0.15, 0.2) is 10.9 Å². The molecule has 0 aliphatic carbocycles. The number of thioether (sulfide) groups is 1. The van der Waals surface area contributed by atoms with Gasteiger partial charge in [0.05, 0.1) is 17.6 Å². The van der Waals surface area contributed by atoms with Crippen LogP contribution in [0.1, 0.15) is 18.1 Å². The molecule has 1 atom stereocenters. The summed E-state index contributed by atoms with van der Waals surface area (Å²) in [6.07, 6.45) is -6.95. The second-order valence-electron chi connectivity index (χ2n) is 9.09. The van der Waals surface area contributed by atoms with Gasteiger partial charge in [-0.15, -0.1) is 31.4 Å². The fourth-order valence-corrected chi connectivity index (χ4v) is 4.74. The third kappa shape index (κ3) is 9.77. The summed E-state index contributed by atoms with van der Waals surface area (Å²) in [5.41, 5.74) is 7.84. The Kier molecular flexibility index (Phi) is 9.95. The van der Waals surface area contributed by atoms with E-state index in [1.54, 1.807) is 35.2 Å². The van der Waals surface area contributed by atoms with Crippen LogP contribution in [0.25, 0.3) is 0 Å². The highest BCUT2D eigenvalue weighted by molar-refractivity contribution is 8.14. The van der Waals surface area contributed by atoms with E-state index in [1.807, 2.05) is 6.92 Å². The second-order valence-corrected chi connectivity index (χ2v) is 10.1. The van der Waals surface area contributed by atoms with E-state index < -0.39 is 12.7 Å². The van der Waals surface area contributed by atoms with E-state index in [0.717, 1.165) is 17.9 Å². The van der Waals surface area contributed by atoms with Gasteiger partial charge < -0.3 is 20.1 Å². The highest BCUT2D eigenvalue weighted by Gasteiger charge is 2.34. The van der Waals surface area contributed by atoms with Crippen LogP contribution in [0.2, 0.25) is 0 Å². The Morgan fingerprint density at radius 1 is 0.930 bits per heavy atom. The molecule has 4 rings (SSSR count). The molecule has 15 heteroatoms. The second kappa shape index (κ2) is 13.6. The molecule has 1 aliphatic rings. The third-order valence-corrected chi connectivity index (χ3v) is 6.93. The standard InChI is InChI=1S/C28H24F6N6O2S/c1-18-15-40(23-4-2-3-5-24(23)42-28(32,33)34)26(43-16-18)39-38-14-19-6-8-20(9-7-19)25(35)37-17-36-21-10-12-22(13-11-21)41-27(29,30)31/h2-14,17-18H,15-16H2,1H3,(H2,35,36,37)/b38-14+,39-26-. The summed E-state index contributed by atoms with van der Waals surface area (Å²) in [6.45, 7) is 2.43. The fraction of sp³-hybridized carbons (Fsp3) is 0.214. The first-order valence-electron chi connectivity index (χ1n) is 12.5. The summed E-state index contributed by atoms with van der Waals surface area (Å²) in [7, 11) is 0. The molecule has 0 amide bonds. The number of hydrogen-bond donors (Lipinski definition) is 1. The van der Waals surface area contributed by atoms with Crippen molar-refractivity contribution >= 4 is 46.7 Å². The van der Waals surface area contributed by atoms with Crippen LogP contribution in [0.15, 0.2) is 93.0 Å². The molecule has 1 unspecified atom stereocenters. The van der Waals surface area contributed by atoms with Gasteiger partial charge in [0.1, 0.15) is 17.9 Å². The van der Waals surface area contributed by atoms with E-state index >= 15 is 0 Å². The number of para-hydroxylation sites is 2. The highest BCUT2D eigenvalue weighted by atomic mass is 32.2. The van der Waals surface area contributed by atoms with Gasteiger partial charge >= 0.3 is 12.7 Å². The normalized spacial score (nSPS) is 17.7. The van der Waals surface area contributed by atoms with Crippen molar-refractivity contribution in [3.63, 3.8) is 0 Å². The van der Waals surface area contributed by atoms with Gasteiger partial charge in [-0.25, -0.2) is 9.98 Å². The number of nitrogens with zero attached hydrogens (tertiary/aromatic N) is 5. The number of ether oxygens (including phenoxy) is 2. The number of benzene rings is 3. The molecule has 1 fully saturated rings. The molecule has 1 saturated heterocycles. The summed E-state index contributed by atoms with van der Waals surface area (Å²) in [5.74, 6) is 0.369. The van der Waals surface area contributed by atoms with Crippen molar-refractivity contribution in [3.8, 4) is 11.5 Å². The van der Waals surface area contributed by atoms with E-state index in [0.29, 0.717) is 28.5 Å². The monoisotopic (exact) mass is 622 g/mol. The minimum Gasteiger partial charge on any atom is -0.406 e. The predicted molar refractivity (Wildman–Crippen MR) is 156 cm³/mol. The largest absolute Gasteiger partial charge is 0.573 e. The quantitative estimate of drug-likeness (QED) is 0.125. The number of anilines is 1. The van der Waals surface area contributed by atoms with E-state index in [-0.39, 0.29) is 28.9 Å². The molecule has 8 nitrogen and oxygen atoms in total. The van der Waals surface area contributed by atoms with Crippen molar-refractivity contribution in [2.24, 2.45) is 31.8 Å². The average molecular weight is 623 g/mol. The van der Waals surface area contributed by atoms with Crippen molar-refractivity contribution in [1.82, 2.24) is 0 Å². The molecule has 43 heavy (non-hydrogen) atoms. The molecule has 1 aliphatic heterocycles. The Balaban J connectivity index is 1.41. The minimum absolute atomic E-state index is 0.146. The molecule has 0 bridgehead atoms. The topological polar surface area (TPSA) is 97.2 Å². The van der Waals surface area contributed by atoms with Crippen LogP contribution in [-0.4, -0.2) is 48.6 Å². The Bertz CT molecular complexity index is 1510. The number of nitrogens with two attached hydrogens (primary N) is 1. The van der Waals surface area contributed by atoms with Gasteiger partial charge in [-0.05, 0) is 47.9 Å². The zero-order valence-electron chi connectivity index (χ0n) is 22.4. The zero-order valence-corrected chi connectivity index (χ0v) is 23.2. The van der Waals surface area contributed by atoms with Gasteiger partial charge in [0, 0.05) is 17.9 Å². The van der Waals surface area contributed by atoms with Crippen LogP contribution in [0.3, 0.4) is 0 Å². The smallest absolute Gasteiger partial charge is 0.406 e. The van der Waals surface area contributed by atoms with Crippen LogP contribution < -0.4 is 20.1 Å². The Morgan fingerprint density at radius 2 is 1.60 bits per heavy atom. The van der Waals surface area contributed by atoms with Gasteiger partial charge in [0.25, 0.3) is 0 Å². The molecule has 3 aromatic rings.